The summed E-state index contributed by atoms with van der Waals surface area (Å²) in [6, 6.07) is 8.57. The van der Waals surface area contributed by atoms with Gasteiger partial charge in [-0.25, -0.2) is 0 Å². The summed E-state index contributed by atoms with van der Waals surface area (Å²) in [5.74, 6) is 1.20. The van der Waals surface area contributed by atoms with Gasteiger partial charge in [0, 0.05) is 5.92 Å². The van der Waals surface area contributed by atoms with Gasteiger partial charge in [0.05, 0.1) is 0 Å². The smallest absolute Gasteiger partial charge is 0.119 e. The summed E-state index contributed by atoms with van der Waals surface area (Å²) in [7, 11) is 0. The van der Waals surface area contributed by atoms with Crippen molar-refractivity contribution in [2.45, 2.75) is 105 Å². The van der Waals surface area contributed by atoms with Crippen LogP contribution in [0.4, 0.5) is 0 Å². The van der Waals surface area contributed by atoms with Crippen LogP contribution in [0.3, 0.4) is 0 Å². The molecule has 0 atom stereocenters. The van der Waals surface area contributed by atoms with Gasteiger partial charge in [-0.15, -0.1) is 0 Å². The minimum atomic E-state index is 0.307. The van der Waals surface area contributed by atoms with Gasteiger partial charge in [-0.3, -0.25) is 0 Å². The molecule has 0 aliphatic heterocycles. The number of phenolic OH excluding ortho intramolecular Hbond substituents is 2. The van der Waals surface area contributed by atoms with E-state index in [1.807, 2.05) is 12.1 Å². The highest BCUT2D eigenvalue weighted by Gasteiger charge is 2.22. The Bertz CT molecular complexity index is 741. The molecule has 0 radical (unpaired) electrons. The van der Waals surface area contributed by atoms with Crippen LogP contribution >= 0.6 is 0 Å². The molecule has 166 valence electrons. The molecule has 0 spiro atoms. The van der Waals surface area contributed by atoms with E-state index in [9.17, 15) is 10.2 Å². The lowest BCUT2D eigenvalue weighted by Gasteiger charge is -2.25. The largest absolute Gasteiger partial charge is 0.508 e. The molecule has 2 heteroatoms. The number of aryl methyl sites for hydroxylation is 4. The highest BCUT2D eigenvalue weighted by atomic mass is 16.3. The van der Waals surface area contributed by atoms with Gasteiger partial charge >= 0.3 is 0 Å². The van der Waals surface area contributed by atoms with E-state index in [1.54, 1.807) is 0 Å². The highest BCUT2D eigenvalue weighted by molar-refractivity contribution is 5.51. The van der Waals surface area contributed by atoms with E-state index in [0.717, 1.165) is 75.3 Å². The van der Waals surface area contributed by atoms with Crippen LogP contribution in [0.15, 0.2) is 24.3 Å². The minimum absolute atomic E-state index is 0.307. The van der Waals surface area contributed by atoms with Gasteiger partial charge in [0.1, 0.15) is 11.5 Å². The predicted molar refractivity (Wildman–Crippen MR) is 129 cm³/mol. The van der Waals surface area contributed by atoms with Gasteiger partial charge in [0.15, 0.2) is 0 Å². The molecule has 2 nitrogen and oxygen atoms in total. The lowest BCUT2D eigenvalue weighted by atomic mass is 9.79. The second-order valence-corrected chi connectivity index (χ2v) is 8.61. The van der Waals surface area contributed by atoms with Crippen LogP contribution in [-0.2, 0) is 25.7 Å². The molecule has 2 aromatic carbocycles. The van der Waals surface area contributed by atoms with E-state index in [-0.39, 0.29) is 0 Å². The lowest BCUT2D eigenvalue weighted by Crippen LogP contribution is -2.09. The lowest BCUT2D eigenvalue weighted by molar-refractivity contribution is 0.465. The Labute approximate surface area is 184 Å². The Morgan fingerprint density at radius 1 is 0.600 bits per heavy atom. The van der Waals surface area contributed by atoms with Crippen molar-refractivity contribution in [3.8, 4) is 11.5 Å². The Kier molecular flexibility index (Phi) is 9.75. The van der Waals surface area contributed by atoms with Gasteiger partial charge in [-0.2, -0.15) is 0 Å². The van der Waals surface area contributed by atoms with E-state index < -0.39 is 0 Å². The number of phenols is 2. The third-order valence-corrected chi connectivity index (χ3v) is 6.37. The molecule has 0 aliphatic rings. The molecule has 0 bridgehead atoms. The number of hydrogen-bond donors (Lipinski definition) is 2. The Morgan fingerprint density at radius 2 is 1.03 bits per heavy atom. The van der Waals surface area contributed by atoms with Crippen LogP contribution in [0, 0.1) is 0 Å². The molecule has 2 N–H and O–H groups in total. The topological polar surface area (TPSA) is 40.5 Å². The summed E-state index contributed by atoms with van der Waals surface area (Å²) in [5.41, 5.74) is 7.38. The van der Waals surface area contributed by atoms with Crippen molar-refractivity contribution in [2.75, 3.05) is 0 Å². The summed E-state index contributed by atoms with van der Waals surface area (Å²) in [4.78, 5) is 0. The summed E-state index contributed by atoms with van der Waals surface area (Å²) in [6.45, 7) is 11.0. The summed E-state index contributed by atoms with van der Waals surface area (Å²) in [6.07, 6.45) is 10.3. The average Bonchev–Trinajstić information content (AvgIpc) is 2.75. The first kappa shape index (κ1) is 24.3. The van der Waals surface area contributed by atoms with Crippen molar-refractivity contribution < 1.29 is 10.2 Å². The molecule has 0 saturated carbocycles. The maximum atomic E-state index is 10.6. The maximum Gasteiger partial charge on any atom is 0.119 e. The average molecular weight is 411 g/mol. The fraction of sp³-hybridized carbons (Fsp3) is 0.571. The van der Waals surface area contributed by atoms with Crippen LogP contribution < -0.4 is 0 Å². The maximum absolute atomic E-state index is 10.6. The Balaban J connectivity index is 2.63. The minimum Gasteiger partial charge on any atom is -0.508 e. The van der Waals surface area contributed by atoms with Gasteiger partial charge in [-0.1, -0.05) is 66.0 Å². The second-order valence-electron chi connectivity index (χ2n) is 8.61. The molecule has 0 fully saturated rings. The number of benzene rings is 2. The van der Waals surface area contributed by atoms with E-state index in [2.05, 4.69) is 46.8 Å². The van der Waals surface area contributed by atoms with Crippen LogP contribution in [0.2, 0.25) is 0 Å². The number of unbranched alkanes of at least 4 members (excludes halogenated alkanes) is 2. The third kappa shape index (κ3) is 5.80. The van der Waals surface area contributed by atoms with E-state index >= 15 is 0 Å². The quantitative estimate of drug-likeness (QED) is 0.374. The monoisotopic (exact) mass is 410 g/mol. The highest BCUT2D eigenvalue weighted by Crippen LogP contribution is 2.39. The SMILES string of the molecule is CCCCc1cc(C(CCC)c2cc(CCCC)c(O)cc2CC)c(CC)cc1O. The molecule has 0 amide bonds. The zero-order valence-electron chi connectivity index (χ0n) is 19.9. The van der Waals surface area contributed by atoms with E-state index in [1.165, 1.54) is 22.3 Å². The first-order valence-electron chi connectivity index (χ1n) is 12.2. The molecule has 2 aromatic rings. The van der Waals surface area contributed by atoms with Gasteiger partial charge < -0.3 is 10.2 Å². The molecule has 0 aliphatic carbocycles. The molecular weight excluding hydrogens is 368 g/mol. The van der Waals surface area contributed by atoms with E-state index in [4.69, 9.17) is 0 Å². The van der Waals surface area contributed by atoms with Crippen molar-refractivity contribution >= 4 is 0 Å². The summed E-state index contributed by atoms with van der Waals surface area (Å²) < 4.78 is 0. The second kappa shape index (κ2) is 12.0. The molecule has 30 heavy (non-hydrogen) atoms. The van der Waals surface area contributed by atoms with Crippen LogP contribution in [-0.4, -0.2) is 10.2 Å². The first-order valence-corrected chi connectivity index (χ1v) is 12.2. The summed E-state index contributed by atoms with van der Waals surface area (Å²) >= 11 is 0. The molecular formula is C28H42O2. The fourth-order valence-corrected chi connectivity index (χ4v) is 4.55. The standard InChI is InChI=1S/C28H42O2/c1-6-11-14-22-16-25(20(9-4)18-27(22)29)24(13-8-3)26-17-23(15-12-7-2)28(30)19-21(26)10-5/h16-19,24,29-30H,6-15H2,1-5H3. The molecule has 0 unspecified atom stereocenters. The van der Waals surface area contributed by atoms with Crippen LogP contribution in [0.5, 0.6) is 11.5 Å². The molecule has 0 aromatic heterocycles. The summed E-state index contributed by atoms with van der Waals surface area (Å²) in [5, 5.41) is 21.2. The van der Waals surface area contributed by atoms with Crippen molar-refractivity contribution in [2.24, 2.45) is 0 Å². The van der Waals surface area contributed by atoms with Crippen molar-refractivity contribution in [3.63, 3.8) is 0 Å². The van der Waals surface area contributed by atoms with Crippen molar-refractivity contribution in [1.82, 2.24) is 0 Å². The third-order valence-electron chi connectivity index (χ3n) is 6.37. The zero-order chi connectivity index (χ0) is 22.1. The fourth-order valence-electron chi connectivity index (χ4n) is 4.55. The van der Waals surface area contributed by atoms with Crippen LogP contribution in [0.25, 0.3) is 0 Å². The normalized spacial score (nSPS) is 11.4. The van der Waals surface area contributed by atoms with Gasteiger partial charge in [0.25, 0.3) is 0 Å². The molecule has 0 heterocycles. The van der Waals surface area contributed by atoms with Crippen LogP contribution in [0.1, 0.15) is 112 Å². The Morgan fingerprint density at radius 3 is 1.37 bits per heavy atom. The van der Waals surface area contributed by atoms with Crippen molar-refractivity contribution in [3.05, 3.63) is 57.6 Å². The Hall–Kier alpha value is -1.96. The first-order chi connectivity index (χ1) is 14.5. The molecule has 0 saturated heterocycles. The number of rotatable bonds is 12. The van der Waals surface area contributed by atoms with Gasteiger partial charge in [-0.05, 0) is 90.5 Å². The van der Waals surface area contributed by atoms with Gasteiger partial charge in [0.2, 0.25) is 0 Å². The predicted octanol–water partition coefficient (Wildman–Crippen LogP) is 7.84. The van der Waals surface area contributed by atoms with Crippen molar-refractivity contribution in [1.29, 1.82) is 0 Å². The number of aromatic hydroxyl groups is 2. The van der Waals surface area contributed by atoms with E-state index in [0.29, 0.717) is 17.4 Å². The zero-order valence-corrected chi connectivity index (χ0v) is 19.9. The molecule has 2 rings (SSSR count). The number of hydrogen-bond acceptors (Lipinski definition) is 2.